The third-order valence-corrected chi connectivity index (χ3v) is 5.97. The molecule has 2 N–H and O–H groups in total. The van der Waals surface area contributed by atoms with Crippen LogP contribution in [0.2, 0.25) is 5.02 Å². The van der Waals surface area contributed by atoms with E-state index < -0.39 is 10.0 Å². The van der Waals surface area contributed by atoms with Crippen molar-refractivity contribution in [3.05, 3.63) is 52.8 Å². The number of aliphatic imine (C=N–C) groups is 1. The fraction of sp³-hybridized carbons (Fsp3) is 0.421. The van der Waals surface area contributed by atoms with Gasteiger partial charge in [-0.3, -0.25) is 4.99 Å². The quantitative estimate of drug-likeness (QED) is 0.210. The molecule has 0 aliphatic carbocycles. The van der Waals surface area contributed by atoms with Crippen molar-refractivity contribution in [3.8, 4) is 0 Å². The maximum atomic E-state index is 12.4. The lowest BCUT2D eigenvalue weighted by Gasteiger charge is -2.22. The van der Waals surface area contributed by atoms with Gasteiger partial charge in [0.15, 0.2) is 5.96 Å². The van der Waals surface area contributed by atoms with E-state index in [-0.39, 0.29) is 35.4 Å². The van der Waals surface area contributed by atoms with Crippen molar-refractivity contribution in [2.45, 2.75) is 18.0 Å². The first kappa shape index (κ1) is 26.7. The van der Waals surface area contributed by atoms with Crippen molar-refractivity contribution in [2.75, 3.05) is 34.4 Å². The van der Waals surface area contributed by atoms with Crippen LogP contribution in [-0.4, -0.2) is 58.2 Å². The first-order valence-electron chi connectivity index (χ1n) is 9.07. The third-order valence-electron chi connectivity index (χ3n) is 4.30. The zero-order valence-corrected chi connectivity index (χ0v) is 21.5. The average molecular weight is 570 g/mol. The minimum absolute atomic E-state index is 0. The highest BCUT2D eigenvalue weighted by Gasteiger charge is 2.14. The fourth-order valence-corrected chi connectivity index (χ4v) is 4.15. The number of guanidine groups is 1. The van der Waals surface area contributed by atoms with Gasteiger partial charge in [0, 0.05) is 53.2 Å². The van der Waals surface area contributed by atoms with Crippen molar-refractivity contribution in [1.29, 1.82) is 0 Å². The molecule has 168 valence electrons. The standard InChI is InChI=1S/C19H28ClN5O3S.HI/c1-21-19(25(3)14-17-11-16(20)13-24(17)2)22-12-15-6-5-7-18(10-15)29(26,27)23-8-9-28-4;/h5-7,10-11,13,23H,8-9,12,14H2,1-4H3,(H,21,22);1H. The van der Waals surface area contributed by atoms with Gasteiger partial charge in [0.25, 0.3) is 0 Å². The van der Waals surface area contributed by atoms with Gasteiger partial charge in [-0.15, -0.1) is 24.0 Å². The Morgan fingerprint density at radius 3 is 2.67 bits per heavy atom. The molecule has 1 aromatic heterocycles. The molecule has 30 heavy (non-hydrogen) atoms. The van der Waals surface area contributed by atoms with Crippen molar-refractivity contribution >= 4 is 51.6 Å². The molecule has 8 nitrogen and oxygen atoms in total. The van der Waals surface area contributed by atoms with E-state index in [4.69, 9.17) is 16.3 Å². The summed E-state index contributed by atoms with van der Waals surface area (Å²) in [4.78, 5) is 6.49. The molecule has 1 aromatic carbocycles. The first-order chi connectivity index (χ1) is 13.8. The Hall–Kier alpha value is -1.34. The Labute approximate surface area is 200 Å². The monoisotopic (exact) mass is 569 g/mol. The summed E-state index contributed by atoms with van der Waals surface area (Å²) in [5.41, 5.74) is 1.88. The SMILES string of the molecule is CN=C(NCc1cccc(S(=O)(=O)NCCOC)c1)N(C)Cc1cc(Cl)cn1C.I. The van der Waals surface area contributed by atoms with Gasteiger partial charge in [-0.2, -0.15) is 0 Å². The molecule has 0 aliphatic rings. The van der Waals surface area contributed by atoms with E-state index in [1.807, 2.05) is 41.9 Å². The summed E-state index contributed by atoms with van der Waals surface area (Å²) in [6, 6.07) is 8.72. The average Bonchev–Trinajstić information content (AvgIpc) is 2.99. The minimum Gasteiger partial charge on any atom is -0.383 e. The highest BCUT2D eigenvalue weighted by atomic mass is 127. The van der Waals surface area contributed by atoms with Crippen LogP contribution in [0.15, 0.2) is 46.4 Å². The predicted octanol–water partition coefficient (Wildman–Crippen LogP) is 2.43. The van der Waals surface area contributed by atoms with E-state index in [1.54, 1.807) is 25.2 Å². The molecule has 0 amide bonds. The highest BCUT2D eigenvalue weighted by molar-refractivity contribution is 14.0. The number of sulfonamides is 1. The summed E-state index contributed by atoms with van der Waals surface area (Å²) in [7, 11) is 3.53. The van der Waals surface area contributed by atoms with Crippen LogP contribution in [0.1, 0.15) is 11.3 Å². The van der Waals surface area contributed by atoms with Gasteiger partial charge in [-0.25, -0.2) is 13.1 Å². The van der Waals surface area contributed by atoms with Gasteiger partial charge in [-0.05, 0) is 23.8 Å². The lowest BCUT2D eigenvalue weighted by molar-refractivity contribution is 0.204. The molecule has 0 bridgehead atoms. The van der Waals surface area contributed by atoms with E-state index >= 15 is 0 Å². The molecular formula is C19H29ClIN5O3S. The number of aryl methyl sites for hydroxylation is 1. The molecule has 11 heteroatoms. The van der Waals surface area contributed by atoms with Crippen LogP contribution < -0.4 is 10.0 Å². The number of hydrogen-bond acceptors (Lipinski definition) is 4. The normalized spacial score (nSPS) is 11.8. The second-order valence-corrected chi connectivity index (χ2v) is 8.76. The number of aromatic nitrogens is 1. The Kier molecular flexibility index (Phi) is 11.1. The lowest BCUT2D eigenvalue weighted by Crippen LogP contribution is -2.38. The van der Waals surface area contributed by atoms with Crippen LogP contribution in [0.5, 0.6) is 0 Å². The Bertz CT molecular complexity index is 949. The molecule has 0 fully saturated rings. The van der Waals surface area contributed by atoms with E-state index in [2.05, 4.69) is 15.0 Å². The van der Waals surface area contributed by atoms with E-state index in [0.717, 1.165) is 11.3 Å². The van der Waals surface area contributed by atoms with Gasteiger partial charge in [0.1, 0.15) is 0 Å². The molecule has 1 heterocycles. The third kappa shape index (κ3) is 7.73. The number of nitrogens with one attached hydrogen (secondary N) is 2. The fourth-order valence-electron chi connectivity index (χ4n) is 2.79. The number of methoxy groups -OCH3 is 1. The zero-order valence-electron chi connectivity index (χ0n) is 17.6. The van der Waals surface area contributed by atoms with Crippen molar-refractivity contribution in [3.63, 3.8) is 0 Å². The lowest BCUT2D eigenvalue weighted by atomic mass is 10.2. The summed E-state index contributed by atoms with van der Waals surface area (Å²) < 4.78 is 34.1. The van der Waals surface area contributed by atoms with Gasteiger partial charge in [-0.1, -0.05) is 23.7 Å². The molecular weight excluding hydrogens is 541 g/mol. The van der Waals surface area contributed by atoms with Crippen LogP contribution in [-0.2, 0) is 34.9 Å². The number of halogens is 2. The topological polar surface area (TPSA) is 88.0 Å². The van der Waals surface area contributed by atoms with Gasteiger partial charge in [0.2, 0.25) is 10.0 Å². The molecule has 0 spiro atoms. The summed E-state index contributed by atoms with van der Waals surface area (Å²) >= 11 is 6.05. The van der Waals surface area contributed by atoms with Crippen molar-refractivity contribution < 1.29 is 13.2 Å². The highest BCUT2D eigenvalue weighted by Crippen LogP contribution is 2.15. The number of rotatable bonds is 9. The van der Waals surface area contributed by atoms with E-state index in [0.29, 0.717) is 30.7 Å². The first-order valence-corrected chi connectivity index (χ1v) is 10.9. The molecule has 0 saturated carbocycles. The summed E-state index contributed by atoms with van der Waals surface area (Å²) in [6.45, 7) is 1.60. The van der Waals surface area contributed by atoms with Crippen molar-refractivity contribution in [2.24, 2.45) is 12.0 Å². The number of hydrogen-bond donors (Lipinski definition) is 2. The number of benzene rings is 1. The predicted molar refractivity (Wildman–Crippen MR) is 131 cm³/mol. The molecule has 2 rings (SSSR count). The molecule has 2 aromatic rings. The largest absolute Gasteiger partial charge is 0.383 e. The Balaban J connectivity index is 0.00000450. The van der Waals surface area contributed by atoms with Crippen LogP contribution in [0, 0.1) is 0 Å². The smallest absolute Gasteiger partial charge is 0.240 e. The zero-order chi connectivity index (χ0) is 21.4. The summed E-state index contributed by atoms with van der Waals surface area (Å²) in [5, 5.41) is 3.95. The van der Waals surface area contributed by atoms with Crippen LogP contribution in [0.4, 0.5) is 0 Å². The number of ether oxygens (including phenoxy) is 1. The van der Waals surface area contributed by atoms with Gasteiger partial charge in [0.05, 0.1) is 23.1 Å². The molecule has 0 radical (unpaired) electrons. The molecule has 0 atom stereocenters. The Morgan fingerprint density at radius 2 is 2.07 bits per heavy atom. The maximum absolute atomic E-state index is 12.4. The van der Waals surface area contributed by atoms with Crippen LogP contribution in [0.3, 0.4) is 0 Å². The van der Waals surface area contributed by atoms with E-state index in [1.165, 1.54) is 7.11 Å². The van der Waals surface area contributed by atoms with Crippen molar-refractivity contribution in [1.82, 2.24) is 19.5 Å². The van der Waals surface area contributed by atoms with Gasteiger partial charge >= 0.3 is 0 Å². The molecule has 0 saturated heterocycles. The minimum atomic E-state index is -3.57. The second-order valence-electron chi connectivity index (χ2n) is 6.56. The van der Waals surface area contributed by atoms with Crippen LogP contribution in [0.25, 0.3) is 0 Å². The van der Waals surface area contributed by atoms with Crippen LogP contribution >= 0.6 is 35.6 Å². The number of nitrogens with zero attached hydrogens (tertiary/aromatic N) is 3. The van der Waals surface area contributed by atoms with Gasteiger partial charge < -0.3 is 19.5 Å². The van der Waals surface area contributed by atoms with E-state index in [9.17, 15) is 8.42 Å². The second kappa shape index (κ2) is 12.5. The summed E-state index contributed by atoms with van der Waals surface area (Å²) in [5.74, 6) is 0.689. The summed E-state index contributed by atoms with van der Waals surface area (Å²) in [6.07, 6.45) is 1.85. The maximum Gasteiger partial charge on any atom is 0.240 e. The molecule has 0 unspecified atom stereocenters. The molecule has 0 aliphatic heterocycles. The Morgan fingerprint density at radius 1 is 1.33 bits per heavy atom.